The minimum Gasteiger partial charge on any atom is -0.280 e. The SMILES string of the molecule is c1ccc(-c2cc(-c3cc(-c4ccccc4)nc(-c4ccccc4)n3)cc(N3c4ccccc4-c4ccccc4-n4c3nc3ccccc34)c2)cc1. The molecule has 0 fully saturated rings. The zero-order chi connectivity index (χ0) is 34.4. The van der Waals surface area contributed by atoms with E-state index < -0.39 is 0 Å². The molecule has 0 radical (unpaired) electrons. The lowest BCUT2D eigenvalue weighted by molar-refractivity contribution is 1.05. The Hall–Kier alpha value is -7.11. The molecule has 0 amide bonds. The van der Waals surface area contributed by atoms with E-state index in [0.29, 0.717) is 5.82 Å². The second kappa shape index (κ2) is 12.3. The quantitative estimate of drug-likeness (QED) is 0.184. The summed E-state index contributed by atoms with van der Waals surface area (Å²) in [5.74, 6) is 1.51. The predicted molar refractivity (Wildman–Crippen MR) is 212 cm³/mol. The van der Waals surface area contributed by atoms with Crippen LogP contribution in [0, 0.1) is 0 Å². The van der Waals surface area contributed by atoms with Gasteiger partial charge in [-0.3, -0.25) is 9.47 Å². The molecule has 10 rings (SSSR count). The summed E-state index contributed by atoms with van der Waals surface area (Å²) in [6, 6.07) is 65.6. The van der Waals surface area contributed by atoms with Gasteiger partial charge in [0.1, 0.15) is 0 Å². The second-order valence-electron chi connectivity index (χ2n) is 12.9. The van der Waals surface area contributed by atoms with Crippen LogP contribution < -0.4 is 4.90 Å². The molecule has 5 nitrogen and oxygen atoms in total. The van der Waals surface area contributed by atoms with Crippen molar-refractivity contribution in [3.63, 3.8) is 0 Å². The van der Waals surface area contributed by atoms with Gasteiger partial charge in [-0.15, -0.1) is 0 Å². The standard InChI is InChI=1S/C47H31N5/c1-4-16-32(17-5-1)35-28-36(42-31-41(33-18-6-2-7-19-33)48-46(49-42)34-20-8-3-9-21-34)30-37(29-35)51-43-25-13-10-22-38(43)39-23-11-14-26-44(39)52-45-27-15-12-24-40(45)50-47(51)52/h1-31H. The van der Waals surface area contributed by atoms with Crippen molar-refractivity contribution in [2.24, 2.45) is 0 Å². The second-order valence-corrected chi connectivity index (χ2v) is 12.9. The zero-order valence-electron chi connectivity index (χ0n) is 28.1. The van der Waals surface area contributed by atoms with Crippen molar-refractivity contribution in [1.82, 2.24) is 19.5 Å². The van der Waals surface area contributed by atoms with Gasteiger partial charge in [0.2, 0.25) is 5.95 Å². The first-order valence-electron chi connectivity index (χ1n) is 17.5. The summed E-state index contributed by atoms with van der Waals surface area (Å²) >= 11 is 0. The third-order valence-electron chi connectivity index (χ3n) is 9.73. The summed E-state index contributed by atoms with van der Waals surface area (Å²) in [7, 11) is 0. The summed E-state index contributed by atoms with van der Waals surface area (Å²) in [5.41, 5.74) is 14.3. The number of para-hydroxylation sites is 4. The fraction of sp³-hybridized carbons (Fsp3) is 0. The van der Waals surface area contributed by atoms with Gasteiger partial charge in [-0.2, -0.15) is 0 Å². The largest absolute Gasteiger partial charge is 0.280 e. The first-order valence-corrected chi connectivity index (χ1v) is 17.5. The number of aromatic nitrogens is 4. The average Bonchev–Trinajstić information content (AvgIpc) is 3.55. The molecule has 52 heavy (non-hydrogen) atoms. The molecule has 5 heteroatoms. The normalized spacial score (nSPS) is 11.8. The van der Waals surface area contributed by atoms with Crippen molar-refractivity contribution in [2.75, 3.05) is 4.90 Å². The Balaban J connectivity index is 1.27. The highest BCUT2D eigenvalue weighted by Gasteiger charge is 2.29. The number of hydrogen-bond acceptors (Lipinski definition) is 4. The molecule has 0 unspecified atom stereocenters. The fourth-order valence-electron chi connectivity index (χ4n) is 7.31. The van der Waals surface area contributed by atoms with Crippen LogP contribution in [0.3, 0.4) is 0 Å². The third kappa shape index (κ3) is 5.07. The summed E-state index contributed by atoms with van der Waals surface area (Å²) in [4.78, 5) is 18.0. The van der Waals surface area contributed by atoms with E-state index in [9.17, 15) is 0 Å². The van der Waals surface area contributed by atoms with E-state index in [4.69, 9.17) is 15.0 Å². The molecular formula is C47H31N5. The van der Waals surface area contributed by atoms with E-state index in [2.05, 4.69) is 161 Å². The number of fused-ring (bicyclic) bond motifs is 7. The van der Waals surface area contributed by atoms with Gasteiger partial charge in [0.15, 0.2) is 5.82 Å². The lowest BCUT2D eigenvalue weighted by Gasteiger charge is -2.26. The van der Waals surface area contributed by atoms with Crippen molar-refractivity contribution in [1.29, 1.82) is 0 Å². The molecule has 0 saturated heterocycles. The molecule has 0 N–H and O–H groups in total. The van der Waals surface area contributed by atoms with Gasteiger partial charge in [-0.25, -0.2) is 15.0 Å². The number of nitrogens with zero attached hydrogens (tertiary/aromatic N) is 5. The maximum absolute atomic E-state index is 5.34. The highest BCUT2D eigenvalue weighted by molar-refractivity contribution is 5.97. The number of hydrogen-bond donors (Lipinski definition) is 0. The molecule has 1 aliphatic rings. The van der Waals surface area contributed by atoms with Crippen LogP contribution >= 0.6 is 0 Å². The number of rotatable bonds is 5. The molecule has 244 valence electrons. The monoisotopic (exact) mass is 665 g/mol. The van der Waals surface area contributed by atoms with Gasteiger partial charge in [0.05, 0.1) is 39.5 Å². The molecule has 2 aromatic heterocycles. The lowest BCUT2D eigenvalue weighted by atomic mass is 9.98. The maximum Gasteiger partial charge on any atom is 0.220 e. The molecule has 3 heterocycles. The molecule has 1 aliphatic heterocycles. The first-order chi connectivity index (χ1) is 25.8. The molecular weight excluding hydrogens is 635 g/mol. The van der Waals surface area contributed by atoms with Crippen LogP contribution in [0.4, 0.5) is 17.3 Å². The van der Waals surface area contributed by atoms with Crippen LogP contribution in [-0.2, 0) is 0 Å². The predicted octanol–water partition coefficient (Wildman–Crippen LogP) is 11.9. The minimum atomic E-state index is 0.681. The van der Waals surface area contributed by atoms with Gasteiger partial charge in [-0.05, 0) is 59.7 Å². The van der Waals surface area contributed by atoms with E-state index in [1.807, 2.05) is 36.4 Å². The third-order valence-corrected chi connectivity index (χ3v) is 9.73. The van der Waals surface area contributed by atoms with Crippen LogP contribution in [0.15, 0.2) is 188 Å². The summed E-state index contributed by atoms with van der Waals surface area (Å²) in [6.07, 6.45) is 0. The summed E-state index contributed by atoms with van der Waals surface area (Å²) < 4.78 is 2.30. The molecule has 0 saturated carbocycles. The van der Waals surface area contributed by atoms with E-state index >= 15 is 0 Å². The van der Waals surface area contributed by atoms with Crippen molar-refractivity contribution >= 4 is 28.4 Å². The Morgan fingerprint density at radius 1 is 0.365 bits per heavy atom. The highest BCUT2D eigenvalue weighted by Crippen LogP contribution is 2.48. The van der Waals surface area contributed by atoms with E-state index in [-0.39, 0.29) is 0 Å². The Bertz CT molecular complexity index is 2680. The summed E-state index contributed by atoms with van der Waals surface area (Å²) in [5, 5.41) is 0. The maximum atomic E-state index is 5.34. The van der Waals surface area contributed by atoms with Crippen LogP contribution in [0.5, 0.6) is 0 Å². The Morgan fingerprint density at radius 2 is 0.904 bits per heavy atom. The fourth-order valence-corrected chi connectivity index (χ4v) is 7.31. The van der Waals surface area contributed by atoms with Crippen LogP contribution in [0.2, 0.25) is 0 Å². The molecule has 9 aromatic rings. The Labute approximate surface area is 301 Å². The molecule has 7 aromatic carbocycles. The molecule has 0 bridgehead atoms. The van der Waals surface area contributed by atoms with E-state index in [0.717, 1.165) is 84.4 Å². The van der Waals surface area contributed by atoms with Gasteiger partial charge in [0, 0.05) is 27.8 Å². The smallest absolute Gasteiger partial charge is 0.220 e. The molecule has 0 spiro atoms. The van der Waals surface area contributed by atoms with E-state index in [1.165, 1.54) is 0 Å². The Morgan fingerprint density at radius 3 is 1.63 bits per heavy atom. The van der Waals surface area contributed by atoms with Crippen LogP contribution in [0.1, 0.15) is 0 Å². The topological polar surface area (TPSA) is 46.8 Å². The van der Waals surface area contributed by atoms with Crippen molar-refractivity contribution < 1.29 is 0 Å². The minimum absolute atomic E-state index is 0.681. The zero-order valence-corrected chi connectivity index (χ0v) is 28.1. The van der Waals surface area contributed by atoms with Crippen LogP contribution in [-0.4, -0.2) is 19.5 Å². The Kier molecular flexibility index (Phi) is 7.07. The number of benzene rings is 7. The van der Waals surface area contributed by atoms with Crippen molar-refractivity contribution in [3.05, 3.63) is 188 Å². The molecule has 0 atom stereocenters. The van der Waals surface area contributed by atoms with Gasteiger partial charge >= 0.3 is 0 Å². The van der Waals surface area contributed by atoms with Crippen LogP contribution in [0.25, 0.3) is 72.9 Å². The first kappa shape index (κ1) is 29.8. The van der Waals surface area contributed by atoms with Crippen molar-refractivity contribution in [3.8, 4) is 61.8 Å². The van der Waals surface area contributed by atoms with Gasteiger partial charge in [0.25, 0.3) is 0 Å². The molecule has 0 aliphatic carbocycles. The summed E-state index contributed by atoms with van der Waals surface area (Å²) in [6.45, 7) is 0. The highest BCUT2D eigenvalue weighted by atomic mass is 15.3. The van der Waals surface area contributed by atoms with Gasteiger partial charge < -0.3 is 0 Å². The van der Waals surface area contributed by atoms with Gasteiger partial charge in [-0.1, -0.05) is 140 Å². The lowest BCUT2D eigenvalue weighted by Crippen LogP contribution is -2.14. The van der Waals surface area contributed by atoms with Crippen molar-refractivity contribution in [2.45, 2.75) is 0 Å². The van der Waals surface area contributed by atoms with E-state index in [1.54, 1.807) is 0 Å². The average molecular weight is 666 g/mol. The number of imidazole rings is 1. The number of anilines is 3.